The van der Waals surface area contributed by atoms with Gasteiger partial charge >= 0.3 is 12.1 Å². The van der Waals surface area contributed by atoms with E-state index in [4.69, 9.17) is 16.3 Å². The minimum absolute atomic E-state index is 0.0466. The summed E-state index contributed by atoms with van der Waals surface area (Å²) in [5.41, 5.74) is -0.910. The summed E-state index contributed by atoms with van der Waals surface area (Å²) in [6, 6.07) is 3.08. The van der Waals surface area contributed by atoms with Crippen molar-refractivity contribution in [1.82, 2.24) is 9.78 Å². The van der Waals surface area contributed by atoms with E-state index in [1.165, 1.54) is 6.20 Å². The van der Waals surface area contributed by atoms with Crippen molar-refractivity contribution in [3.63, 3.8) is 0 Å². The largest absolute Gasteiger partial charge is 0.464 e. The number of anilines is 1. The van der Waals surface area contributed by atoms with Crippen molar-refractivity contribution < 1.29 is 27.5 Å². The molecule has 7 nitrogen and oxygen atoms in total. The molecular formula is C17H14ClF3N4O3. The Morgan fingerprint density at radius 1 is 1.43 bits per heavy atom. The van der Waals surface area contributed by atoms with Crippen LogP contribution in [0.1, 0.15) is 25.0 Å². The van der Waals surface area contributed by atoms with Crippen molar-refractivity contribution in [2.24, 2.45) is 0 Å². The quantitative estimate of drug-likeness (QED) is 0.575. The molecule has 0 bridgehead atoms. The summed E-state index contributed by atoms with van der Waals surface area (Å²) >= 11 is 5.93. The fourth-order valence-electron chi connectivity index (χ4n) is 2.24. The van der Waals surface area contributed by atoms with Crippen LogP contribution in [0.3, 0.4) is 0 Å². The first-order valence-corrected chi connectivity index (χ1v) is 8.26. The Bertz CT molecular complexity index is 950. The van der Waals surface area contributed by atoms with E-state index < -0.39 is 29.5 Å². The van der Waals surface area contributed by atoms with E-state index in [9.17, 15) is 28.0 Å². The molecule has 2 rings (SSSR count). The van der Waals surface area contributed by atoms with Gasteiger partial charge < -0.3 is 10.1 Å². The maximum atomic E-state index is 12.8. The van der Waals surface area contributed by atoms with Crippen LogP contribution in [0.5, 0.6) is 0 Å². The third kappa shape index (κ3) is 4.61. The summed E-state index contributed by atoms with van der Waals surface area (Å²) in [4.78, 5) is 23.6. The molecule has 28 heavy (non-hydrogen) atoms. The van der Waals surface area contributed by atoms with Crippen molar-refractivity contribution in [3.05, 3.63) is 40.5 Å². The molecule has 1 aromatic heterocycles. The number of nitrogens with zero attached hydrogens (tertiary/aromatic N) is 3. The number of aromatic nitrogens is 2. The third-order valence-corrected chi connectivity index (χ3v) is 3.87. The van der Waals surface area contributed by atoms with E-state index in [-0.39, 0.29) is 28.7 Å². The van der Waals surface area contributed by atoms with E-state index in [0.29, 0.717) is 0 Å². The average Bonchev–Trinajstić information content (AvgIpc) is 3.01. The lowest BCUT2D eigenvalue weighted by atomic mass is 10.2. The van der Waals surface area contributed by atoms with Crippen LogP contribution in [0.15, 0.2) is 24.4 Å². The molecule has 0 amide bonds. The van der Waals surface area contributed by atoms with Crippen molar-refractivity contribution >= 4 is 29.2 Å². The number of carbonyl (C=O) groups excluding carboxylic acids is 2. The minimum atomic E-state index is -4.56. The highest BCUT2D eigenvalue weighted by molar-refractivity contribution is 6.32. The van der Waals surface area contributed by atoms with Crippen molar-refractivity contribution in [2.75, 3.05) is 11.9 Å². The van der Waals surface area contributed by atoms with Crippen LogP contribution >= 0.6 is 11.6 Å². The van der Waals surface area contributed by atoms with Crippen LogP contribution in [0.4, 0.5) is 19.0 Å². The molecule has 0 radical (unpaired) electrons. The van der Waals surface area contributed by atoms with Crippen LogP contribution < -0.4 is 5.32 Å². The molecule has 1 N–H and O–H groups in total. The first-order valence-electron chi connectivity index (χ1n) is 7.89. The molecular weight excluding hydrogens is 401 g/mol. The van der Waals surface area contributed by atoms with Gasteiger partial charge in [-0.2, -0.15) is 18.4 Å². The first kappa shape index (κ1) is 21.2. The van der Waals surface area contributed by atoms with Gasteiger partial charge in [0.15, 0.2) is 17.6 Å². The highest BCUT2D eigenvalue weighted by atomic mass is 35.5. The SMILES string of the molecule is CCOC(=O)C(Nc1nn(-c2ccc(C(F)(F)F)cc2Cl)cc1C#N)C(C)=O. The Morgan fingerprint density at radius 3 is 2.61 bits per heavy atom. The van der Waals surface area contributed by atoms with E-state index in [0.717, 1.165) is 29.8 Å². The number of hydrogen-bond donors (Lipinski definition) is 1. The normalized spacial score (nSPS) is 12.2. The summed E-state index contributed by atoms with van der Waals surface area (Å²) in [5.74, 6) is -1.53. The van der Waals surface area contributed by atoms with Gasteiger partial charge in [0.25, 0.3) is 0 Å². The standard InChI is InChI=1S/C17H14ClF3N4O3/c1-3-28-16(27)14(9(2)26)23-15-10(7-22)8-25(24-15)13-5-4-11(6-12(13)18)17(19,20)21/h4-6,8,14H,3H2,1-2H3,(H,23,24). The maximum absolute atomic E-state index is 12.8. The van der Waals surface area contributed by atoms with Crippen LogP contribution in [0.2, 0.25) is 5.02 Å². The zero-order valence-electron chi connectivity index (χ0n) is 14.7. The molecule has 0 saturated carbocycles. The Kier molecular flexibility index (Phi) is 6.30. The van der Waals surface area contributed by atoms with E-state index in [1.54, 1.807) is 6.92 Å². The van der Waals surface area contributed by atoms with Crippen LogP contribution in [0, 0.1) is 11.3 Å². The number of esters is 1. The second-order valence-electron chi connectivity index (χ2n) is 5.55. The fourth-order valence-corrected chi connectivity index (χ4v) is 2.51. The molecule has 11 heteroatoms. The maximum Gasteiger partial charge on any atom is 0.416 e. The van der Waals surface area contributed by atoms with Gasteiger partial charge in [0.1, 0.15) is 11.6 Å². The number of hydrogen-bond acceptors (Lipinski definition) is 6. The number of carbonyl (C=O) groups is 2. The molecule has 0 aliphatic heterocycles. The zero-order chi connectivity index (χ0) is 21.1. The van der Waals surface area contributed by atoms with Crippen LogP contribution in [0.25, 0.3) is 5.69 Å². The zero-order valence-corrected chi connectivity index (χ0v) is 15.4. The van der Waals surface area contributed by atoms with E-state index >= 15 is 0 Å². The number of ketones is 1. The summed E-state index contributed by atoms with van der Waals surface area (Å²) in [7, 11) is 0. The highest BCUT2D eigenvalue weighted by Gasteiger charge is 2.31. The number of rotatable bonds is 6. The number of Topliss-reactive ketones (excluding diaryl/α,β-unsaturated/α-hetero) is 1. The molecule has 0 saturated heterocycles. The molecule has 1 aromatic carbocycles. The Morgan fingerprint density at radius 2 is 2.11 bits per heavy atom. The molecule has 0 spiro atoms. The molecule has 0 aliphatic rings. The Labute approximate surface area is 162 Å². The molecule has 1 atom stereocenters. The van der Waals surface area contributed by atoms with Gasteiger partial charge in [-0.05, 0) is 32.0 Å². The van der Waals surface area contributed by atoms with Gasteiger partial charge in [0.2, 0.25) is 0 Å². The summed E-state index contributed by atoms with van der Waals surface area (Å²) in [5, 5.41) is 15.6. The average molecular weight is 415 g/mol. The van der Waals surface area contributed by atoms with Crippen molar-refractivity contribution in [1.29, 1.82) is 5.26 Å². The lowest BCUT2D eigenvalue weighted by Crippen LogP contribution is -2.37. The lowest BCUT2D eigenvalue weighted by Gasteiger charge is -2.14. The monoisotopic (exact) mass is 414 g/mol. The molecule has 0 aliphatic carbocycles. The van der Waals surface area contributed by atoms with Gasteiger partial charge in [-0.25, -0.2) is 9.48 Å². The van der Waals surface area contributed by atoms with E-state index in [1.807, 2.05) is 6.07 Å². The van der Waals surface area contributed by atoms with Gasteiger partial charge in [0, 0.05) is 0 Å². The number of halogens is 4. The van der Waals surface area contributed by atoms with Crippen molar-refractivity contribution in [2.45, 2.75) is 26.1 Å². The number of nitriles is 1. The summed E-state index contributed by atoms with van der Waals surface area (Å²) < 4.78 is 44.2. The first-order chi connectivity index (χ1) is 13.1. The predicted molar refractivity (Wildman–Crippen MR) is 93.0 cm³/mol. The number of ether oxygens (including phenoxy) is 1. The lowest BCUT2D eigenvalue weighted by molar-refractivity contribution is -0.146. The fraction of sp³-hybridized carbons (Fsp3) is 0.294. The van der Waals surface area contributed by atoms with Gasteiger partial charge in [-0.3, -0.25) is 4.79 Å². The number of alkyl halides is 3. The molecule has 148 valence electrons. The van der Waals surface area contributed by atoms with Gasteiger partial charge in [-0.15, -0.1) is 5.10 Å². The van der Waals surface area contributed by atoms with Crippen LogP contribution in [-0.2, 0) is 20.5 Å². The topological polar surface area (TPSA) is 97.0 Å². The van der Waals surface area contributed by atoms with Gasteiger partial charge in [-0.1, -0.05) is 11.6 Å². The highest BCUT2D eigenvalue weighted by Crippen LogP contribution is 2.33. The van der Waals surface area contributed by atoms with E-state index in [2.05, 4.69) is 10.4 Å². The van der Waals surface area contributed by atoms with Gasteiger partial charge in [0.05, 0.1) is 29.1 Å². The third-order valence-electron chi connectivity index (χ3n) is 3.57. The second-order valence-corrected chi connectivity index (χ2v) is 5.96. The van der Waals surface area contributed by atoms with Crippen molar-refractivity contribution in [3.8, 4) is 11.8 Å². The minimum Gasteiger partial charge on any atom is -0.464 e. The van der Waals surface area contributed by atoms with Crippen LogP contribution in [-0.4, -0.2) is 34.2 Å². The Balaban J connectivity index is 2.41. The number of benzene rings is 1. The molecule has 2 aromatic rings. The summed E-state index contributed by atoms with van der Waals surface area (Å²) in [6.07, 6.45) is -3.36. The Hall–Kier alpha value is -3.06. The predicted octanol–water partition coefficient (Wildman–Crippen LogP) is 3.35. The second kappa shape index (κ2) is 8.31. The summed E-state index contributed by atoms with van der Waals surface area (Å²) in [6.45, 7) is 2.77. The smallest absolute Gasteiger partial charge is 0.416 e. The molecule has 0 fully saturated rings. The molecule has 1 unspecified atom stereocenters. The number of nitrogens with one attached hydrogen (secondary N) is 1. The molecule has 1 heterocycles.